The third kappa shape index (κ3) is 1.65. The molecule has 0 nitrogen and oxygen atoms in total. The van der Waals surface area contributed by atoms with Gasteiger partial charge in [-0.25, -0.2) is 0 Å². The molecule has 2 rings (SSSR count). The highest BCUT2D eigenvalue weighted by molar-refractivity contribution is 14.1. The lowest BCUT2D eigenvalue weighted by Crippen LogP contribution is -2.11. The quantitative estimate of drug-likeness (QED) is 0.635. The van der Waals surface area contributed by atoms with E-state index in [0.29, 0.717) is 0 Å². The second kappa shape index (κ2) is 3.36. The van der Waals surface area contributed by atoms with Crippen LogP contribution in [0.4, 0.5) is 0 Å². The Morgan fingerprint density at radius 2 is 2.17 bits per heavy atom. The Labute approximate surface area is 87.5 Å². The summed E-state index contributed by atoms with van der Waals surface area (Å²) in [5.74, 6) is 0.885. The van der Waals surface area contributed by atoms with Crippen LogP contribution < -0.4 is 0 Å². The summed E-state index contributed by atoms with van der Waals surface area (Å²) in [5.41, 5.74) is 3.16. The van der Waals surface area contributed by atoms with Gasteiger partial charge in [-0.05, 0) is 71.0 Å². The van der Waals surface area contributed by atoms with Crippen LogP contribution in [0, 0.1) is 9.49 Å². The Morgan fingerprint density at radius 3 is 3.00 bits per heavy atom. The van der Waals surface area contributed by atoms with E-state index in [9.17, 15) is 0 Å². The van der Waals surface area contributed by atoms with Crippen molar-refractivity contribution in [2.45, 2.75) is 26.2 Å². The molecule has 0 spiro atoms. The predicted molar refractivity (Wildman–Crippen MR) is 60.3 cm³/mol. The topological polar surface area (TPSA) is 0 Å². The van der Waals surface area contributed by atoms with Crippen molar-refractivity contribution in [1.82, 2.24) is 0 Å². The monoisotopic (exact) mass is 272 g/mol. The van der Waals surface area contributed by atoms with Gasteiger partial charge in [0.2, 0.25) is 0 Å². The average Bonchev–Trinajstić information content (AvgIpc) is 2.03. The van der Waals surface area contributed by atoms with Crippen LogP contribution in [-0.2, 0) is 12.8 Å². The molecule has 0 saturated carbocycles. The van der Waals surface area contributed by atoms with Crippen molar-refractivity contribution in [2.75, 3.05) is 0 Å². The highest BCUT2D eigenvalue weighted by atomic mass is 127. The summed E-state index contributed by atoms with van der Waals surface area (Å²) in [6.45, 7) is 2.35. The summed E-state index contributed by atoms with van der Waals surface area (Å²) in [5, 5.41) is 0. The molecule has 1 aromatic carbocycles. The lowest BCUT2D eigenvalue weighted by molar-refractivity contribution is 0.501. The maximum Gasteiger partial charge on any atom is 0.0133 e. The number of aryl methyl sites for hydroxylation is 1. The zero-order chi connectivity index (χ0) is 8.55. The SMILES string of the molecule is CC1CCc2ccc(I)cc2C1. The Hall–Kier alpha value is -0.0500. The molecule has 1 heteroatoms. The standard InChI is InChI=1S/C11H13I/c1-8-2-3-9-4-5-11(12)7-10(9)6-8/h4-5,7-8H,2-3,6H2,1H3. The molecule has 0 saturated heterocycles. The van der Waals surface area contributed by atoms with Crippen LogP contribution in [0.25, 0.3) is 0 Å². The Morgan fingerprint density at radius 1 is 1.33 bits per heavy atom. The molecule has 0 fully saturated rings. The molecule has 0 aliphatic heterocycles. The Kier molecular flexibility index (Phi) is 2.40. The van der Waals surface area contributed by atoms with Crippen molar-refractivity contribution in [2.24, 2.45) is 5.92 Å². The summed E-state index contributed by atoms with van der Waals surface area (Å²) in [7, 11) is 0. The van der Waals surface area contributed by atoms with Gasteiger partial charge in [0.15, 0.2) is 0 Å². The molecular weight excluding hydrogens is 259 g/mol. The molecule has 1 atom stereocenters. The lowest BCUT2D eigenvalue weighted by atomic mass is 9.85. The van der Waals surface area contributed by atoms with Crippen LogP contribution in [0.3, 0.4) is 0 Å². The van der Waals surface area contributed by atoms with Crippen molar-refractivity contribution in [3.8, 4) is 0 Å². The first kappa shape index (κ1) is 8.54. The van der Waals surface area contributed by atoms with Gasteiger partial charge < -0.3 is 0 Å². The van der Waals surface area contributed by atoms with E-state index in [2.05, 4.69) is 47.7 Å². The zero-order valence-corrected chi connectivity index (χ0v) is 9.47. The van der Waals surface area contributed by atoms with Crippen molar-refractivity contribution in [1.29, 1.82) is 0 Å². The first-order valence-corrected chi connectivity index (χ1v) is 5.61. The largest absolute Gasteiger partial charge is 0.0622 e. The van der Waals surface area contributed by atoms with E-state index in [-0.39, 0.29) is 0 Å². The fourth-order valence-corrected chi connectivity index (χ4v) is 2.46. The van der Waals surface area contributed by atoms with Gasteiger partial charge in [-0.1, -0.05) is 13.0 Å². The van der Waals surface area contributed by atoms with Gasteiger partial charge >= 0.3 is 0 Å². The molecule has 1 aromatic rings. The maximum atomic E-state index is 2.39. The first-order valence-electron chi connectivity index (χ1n) is 4.53. The second-order valence-electron chi connectivity index (χ2n) is 3.76. The minimum atomic E-state index is 0.885. The van der Waals surface area contributed by atoms with Crippen molar-refractivity contribution in [3.63, 3.8) is 0 Å². The van der Waals surface area contributed by atoms with Crippen LogP contribution in [-0.4, -0.2) is 0 Å². The Bertz CT molecular complexity index is 291. The van der Waals surface area contributed by atoms with Crippen molar-refractivity contribution in [3.05, 3.63) is 32.9 Å². The van der Waals surface area contributed by atoms with Crippen LogP contribution >= 0.6 is 22.6 Å². The van der Waals surface area contributed by atoms with E-state index in [1.807, 2.05) is 0 Å². The van der Waals surface area contributed by atoms with Crippen LogP contribution in [0.2, 0.25) is 0 Å². The molecule has 0 aromatic heterocycles. The second-order valence-corrected chi connectivity index (χ2v) is 5.01. The van der Waals surface area contributed by atoms with Crippen LogP contribution in [0.5, 0.6) is 0 Å². The highest BCUT2D eigenvalue weighted by Crippen LogP contribution is 2.26. The highest BCUT2D eigenvalue weighted by Gasteiger charge is 2.14. The first-order chi connectivity index (χ1) is 5.75. The van der Waals surface area contributed by atoms with E-state index in [1.54, 1.807) is 11.1 Å². The predicted octanol–water partition coefficient (Wildman–Crippen LogP) is 3.42. The normalized spacial score (nSPS) is 22.0. The third-order valence-electron chi connectivity index (χ3n) is 2.64. The van der Waals surface area contributed by atoms with Gasteiger partial charge in [0.25, 0.3) is 0 Å². The van der Waals surface area contributed by atoms with Gasteiger partial charge in [0.05, 0.1) is 0 Å². The molecule has 1 unspecified atom stereocenters. The molecular formula is C11H13I. The molecule has 0 amide bonds. The van der Waals surface area contributed by atoms with Gasteiger partial charge in [-0.15, -0.1) is 0 Å². The number of hydrogen-bond donors (Lipinski definition) is 0. The van der Waals surface area contributed by atoms with E-state index < -0.39 is 0 Å². The molecule has 0 heterocycles. The lowest BCUT2D eigenvalue weighted by Gasteiger charge is -2.21. The van der Waals surface area contributed by atoms with Gasteiger partial charge in [0.1, 0.15) is 0 Å². The number of benzene rings is 1. The van der Waals surface area contributed by atoms with Crippen LogP contribution in [0.1, 0.15) is 24.5 Å². The van der Waals surface area contributed by atoms with Gasteiger partial charge in [0, 0.05) is 3.57 Å². The fourth-order valence-electron chi connectivity index (χ4n) is 1.91. The van der Waals surface area contributed by atoms with Crippen molar-refractivity contribution < 1.29 is 0 Å². The smallest absolute Gasteiger partial charge is 0.0133 e. The summed E-state index contributed by atoms with van der Waals surface area (Å²) >= 11 is 2.39. The Balaban J connectivity index is 2.37. The van der Waals surface area contributed by atoms with E-state index >= 15 is 0 Å². The molecule has 0 N–H and O–H groups in total. The number of hydrogen-bond acceptors (Lipinski definition) is 0. The van der Waals surface area contributed by atoms with Crippen molar-refractivity contribution >= 4 is 22.6 Å². The molecule has 12 heavy (non-hydrogen) atoms. The molecule has 0 radical (unpaired) electrons. The number of halogens is 1. The summed E-state index contributed by atoms with van der Waals surface area (Å²) in [6.07, 6.45) is 3.94. The fraction of sp³-hybridized carbons (Fsp3) is 0.455. The minimum absolute atomic E-state index is 0.885. The zero-order valence-electron chi connectivity index (χ0n) is 7.31. The number of rotatable bonds is 0. The number of fused-ring (bicyclic) bond motifs is 1. The van der Waals surface area contributed by atoms with E-state index in [0.717, 1.165) is 5.92 Å². The maximum absolute atomic E-state index is 2.39. The van der Waals surface area contributed by atoms with E-state index in [4.69, 9.17) is 0 Å². The van der Waals surface area contributed by atoms with Gasteiger partial charge in [-0.2, -0.15) is 0 Å². The molecule has 0 bridgehead atoms. The molecule has 1 aliphatic carbocycles. The summed E-state index contributed by atoms with van der Waals surface area (Å²) in [6, 6.07) is 6.85. The van der Waals surface area contributed by atoms with E-state index in [1.165, 1.54) is 22.8 Å². The minimum Gasteiger partial charge on any atom is -0.0622 e. The van der Waals surface area contributed by atoms with Crippen LogP contribution in [0.15, 0.2) is 18.2 Å². The summed E-state index contributed by atoms with van der Waals surface area (Å²) in [4.78, 5) is 0. The summed E-state index contributed by atoms with van der Waals surface area (Å²) < 4.78 is 1.38. The molecule has 1 aliphatic rings. The molecule has 64 valence electrons. The van der Waals surface area contributed by atoms with Gasteiger partial charge in [-0.3, -0.25) is 0 Å². The average molecular weight is 272 g/mol. The third-order valence-corrected chi connectivity index (χ3v) is 3.31.